The van der Waals surface area contributed by atoms with Crippen LogP contribution < -0.4 is 5.73 Å². The van der Waals surface area contributed by atoms with Gasteiger partial charge in [0, 0.05) is 0 Å². The van der Waals surface area contributed by atoms with Gasteiger partial charge < -0.3 is 15.6 Å². The molecule has 1 aliphatic rings. The third kappa shape index (κ3) is 3.09. The maximum Gasteiger partial charge on any atom is 0.223 e. The molecule has 0 bridgehead atoms. The van der Waals surface area contributed by atoms with Crippen LogP contribution in [0.4, 0.5) is 0 Å². The maximum atomic E-state index is 11.1. The van der Waals surface area contributed by atoms with Crippen molar-refractivity contribution in [2.75, 3.05) is 6.61 Å². The van der Waals surface area contributed by atoms with Crippen molar-refractivity contribution in [2.45, 2.75) is 25.6 Å². The topological polar surface area (TPSA) is 72.6 Å². The summed E-state index contributed by atoms with van der Waals surface area (Å²) in [6, 6.07) is 9.99. The standard InChI is InChI=1S/C14H19NO3/c15-14(17)13(8-16)11-6-12(7-11)18-9-10-4-2-1-3-5-10/h1-5,11-13,16H,6-9H2,(H2,15,17). The average molecular weight is 249 g/mol. The number of hydrogen-bond donors (Lipinski definition) is 2. The van der Waals surface area contributed by atoms with Crippen LogP contribution in [-0.2, 0) is 16.1 Å². The Labute approximate surface area is 107 Å². The molecule has 1 unspecified atom stereocenters. The van der Waals surface area contributed by atoms with Gasteiger partial charge in [-0.3, -0.25) is 4.79 Å². The summed E-state index contributed by atoms with van der Waals surface area (Å²) in [5, 5.41) is 9.08. The SMILES string of the molecule is NC(=O)C(CO)C1CC(OCc2ccccc2)C1. The van der Waals surface area contributed by atoms with Crippen molar-refractivity contribution in [3.63, 3.8) is 0 Å². The zero-order valence-electron chi connectivity index (χ0n) is 10.3. The molecule has 1 amide bonds. The number of primary amides is 1. The van der Waals surface area contributed by atoms with Crippen molar-refractivity contribution in [3.8, 4) is 0 Å². The summed E-state index contributed by atoms with van der Waals surface area (Å²) in [7, 11) is 0. The minimum atomic E-state index is -0.415. The lowest BCUT2D eigenvalue weighted by Gasteiger charge is -2.38. The summed E-state index contributed by atoms with van der Waals surface area (Å²) in [5.41, 5.74) is 6.38. The van der Waals surface area contributed by atoms with E-state index in [4.69, 9.17) is 15.6 Å². The van der Waals surface area contributed by atoms with Crippen LogP contribution in [-0.4, -0.2) is 23.7 Å². The van der Waals surface area contributed by atoms with Crippen molar-refractivity contribution in [1.82, 2.24) is 0 Å². The van der Waals surface area contributed by atoms with E-state index in [9.17, 15) is 4.79 Å². The van der Waals surface area contributed by atoms with Gasteiger partial charge in [-0.15, -0.1) is 0 Å². The van der Waals surface area contributed by atoms with E-state index in [-0.39, 0.29) is 18.6 Å². The monoisotopic (exact) mass is 249 g/mol. The zero-order chi connectivity index (χ0) is 13.0. The lowest BCUT2D eigenvalue weighted by Crippen LogP contribution is -2.42. The first-order valence-electron chi connectivity index (χ1n) is 6.26. The van der Waals surface area contributed by atoms with Crippen LogP contribution in [0.5, 0.6) is 0 Å². The number of aliphatic hydroxyl groups excluding tert-OH is 1. The minimum absolute atomic E-state index is 0.161. The van der Waals surface area contributed by atoms with Crippen LogP contribution in [0.3, 0.4) is 0 Å². The molecular formula is C14H19NO3. The van der Waals surface area contributed by atoms with E-state index in [0.717, 1.165) is 18.4 Å². The first kappa shape index (κ1) is 13.1. The Morgan fingerprint density at radius 2 is 2.06 bits per heavy atom. The molecule has 0 spiro atoms. The molecular weight excluding hydrogens is 230 g/mol. The van der Waals surface area contributed by atoms with Gasteiger partial charge in [-0.05, 0) is 24.3 Å². The summed E-state index contributed by atoms with van der Waals surface area (Å²) in [4.78, 5) is 11.1. The van der Waals surface area contributed by atoms with Gasteiger partial charge in [0.25, 0.3) is 0 Å². The van der Waals surface area contributed by atoms with Gasteiger partial charge in [0.15, 0.2) is 0 Å². The molecule has 3 N–H and O–H groups in total. The number of rotatable bonds is 6. The van der Waals surface area contributed by atoms with Crippen molar-refractivity contribution < 1.29 is 14.6 Å². The highest BCUT2D eigenvalue weighted by Crippen LogP contribution is 2.36. The van der Waals surface area contributed by atoms with E-state index in [2.05, 4.69) is 0 Å². The number of ether oxygens (including phenoxy) is 1. The lowest BCUT2D eigenvalue weighted by atomic mass is 9.73. The van der Waals surface area contributed by atoms with Crippen LogP contribution in [0.1, 0.15) is 18.4 Å². The molecule has 1 aromatic rings. The molecule has 0 saturated heterocycles. The Bertz CT molecular complexity index is 387. The van der Waals surface area contributed by atoms with E-state index in [0.29, 0.717) is 6.61 Å². The lowest BCUT2D eigenvalue weighted by molar-refractivity contribution is -0.130. The Morgan fingerprint density at radius 1 is 1.39 bits per heavy atom. The summed E-state index contributed by atoms with van der Waals surface area (Å²) in [6.45, 7) is 0.435. The van der Waals surface area contributed by atoms with Crippen LogP contribution in [0.25, 0.3) is 0 Å². The van der Waals surface area contributed by atoms with Crippen molar-refractivity contribution in [2.24, 2.45) is 17.6 Å². The van der Waals surface area contributed by atoms with E-state index in [1.807, 2.05) is 30.3 Å². The second-order valence-corrected chi connectivity index (χ2v) is 4.84. The van der Waals surface area contributed by atoms with Crippen LogP contribution in [0.15, 0.2) is 30.3 Å². The van der Waals surface area contributed by atoms with Crippen LogP contribution in [0.2, 0.25) is 0 Å². The fraction of sp³-hybridized carbons (Fsp3) is 0.500. The summed E-state index contributed by atoms with van der Waals surface area (Å²) < 4.78 is 5.73. The van der Waals surface area contributed by atoms with E-state index in [1.54, 1.807) is 0 Å². The largest absolute Gasteiger partial charge is 0.396 e. The molecule has 1 atom stereocenters. The molecule has 1 fully saturated rings. The summed E-state index contributed by atoms with van der Waals surface area (Å²) >= 11 is 0. The third-order valence-corrected chi connectivity index (χ3v) is 3.59. The molecule has 1 aliphatic carbocycles. The number of benzene rings is 1. The molecule has 1 aromatic carbocycles. The van der Waals surface area contributed by atoms with Gasteiger partial charge in [-0.2, -0.15) is 0 Å². The van der Waals surface area contributed by atoms with Gasteiger partial charge in [0.05, 0.1) is 25.2 Å². The first-order chi connectivity index (χ1) is 8.70. The summed E-state index contributed by atoms with van der Waals surface area (Å²) in [5.74, 6) is -0.654. The number of amides is 1. The third-order valence-electron chi connectivity index (χ3n) is 3.59. The Morgan fingerprint density at radius 3 is 2.61 bits per heavy atom. The number of carbonyl (C=O) groups is 1. The fourth-order valence-corrected chi connectivity index (χ4v) is 2.33. The maximum absolute atomic E-state index is 11.1. The number of carbonyl (C=O) groups excluding carboxylic acids is 1. The van der Waals surface area contributed by atoms with Crippen LogP contribution in [0, 0.1) is 11.8 Å². The van der Waals surface area contributed by atoms with Gasteiger partial charge >= 0.3 is 0 Å². The second-order valence-electron chi connectivity index (χ2n) is 4.84. The molecule has 4 heteroatoms. The van der Waals surface area contributed by atoms with E-state index in [1.165, 1.54) is 0 Å². The molecule has 0 aliphatic heterocycles. The molecule has 0 heterocycles. The van der Waals surface area contributed by atoms with Gasteiger partial charge in [0.1, 0.15) is 0 Å². The molecule has 0 radical (unpaired) electrons. The van der Waals surface area contributed by atoms with Crippen molar-refractivity contribution >= 4 is 5.91 Å². The predicted octanol–water partition coefficient (Wildman–Crippen LogP) is 1.08. The predicted molar refractivity (Wildman–Crippen MR) is 67.5 cm³/mol. The molecule has 4 nitrogen and oxygen atoms in total. The fourth-order valence-electron chi connectivity index (χ4n) is 2.33. The van der Waals surface area contributed by atoms with E-state index < -0.39 is 11.8 Å². The quantitative estimate of drug-likeness (QED) is 0.792. The highest BCUT2D eigenvalue weighted by molar-refractivity contribution is 5.77. The average Bonchev–Trinajstić information content (AvgIpc) is 2.32. The molecule has 18 heavy (non-hydrogen) atoms. The van der Waals surface area contributed by atoms with Gasteiger partial charge in [-0.25, -0.2) is 0 Å². The molecule has 0 aromatic heterocycles. The Balaban J connectivity index is 1.72. The molecule has 2 rings (SSSR count). The first-order valence-corrected chi connectivity index (χ1v) is 6.26. The highest BCUT2D eigenvalue weighted by Gasteiger charge is 2.37. The van der Waals surface area contributed by atoms with Gasteiger partial charge in [0.2, 0.25) is 5.91 Å². The number of hydrogen-bond acceptors (Lipinski definition) is 3. The second kappa shape index (κ2) is 5.98. The number of nitrogens with two attached hydrogens (primary N) is 1. The molecule has 98 valence electrons. The van der Waals surface area contributed by atoms with E-state index >= 15 is 0 Å². The minimum Gasteiger partial charge on any atom is -0.396 e. The smallest absolute Gasteiger partial charge is 0.223 e. The van der Waals surface area contributed by atoms with Crippen LogP contribution >= 0.6 is 0 Å². The summed E-state index contributed by atoms with van der Waals surface area (Å²) in [6.07, 6.45) is 1.80. The Kier molecular flexibility index (Phi) is 4.33. The van der Waals surface area contributed by atoms with Crippen molar-refractivity contribution in [3.05, 3.63) is 35.9 Å². The zero-order valence-corrected chi connectivity index (χ0v) is 10.3. The molecule has 1 saturated carbocycles. The normalized spacial score (nSPS) is 24.3. The van der Waals surface area contributed by atoms with Crippen molar-refractivity contribution in [1.29, 1.82) is 0 Å². The number of aliphatic hydroxyl groups is 1. The Hall–Kier alpha value is -1.39. The van der Waals surface area contributed by atoms with Gasteiger partial charge in [-0.1, -0.05) is 30.3 Å². The highest BCUT2D eigenvalue weighted by atomic mass is 16.5.